The van der Waals surface area contributed by atoms with Gasteiger partial charge in [-0.3, -0.25) is 4.90 Å². The van der Waals surface area contributed by atoms with Crippen LogP contribution >= 0.6 is 0 Å². The van der Waals surface area contributed by atoms with Crippen molar-refractivity contribution in [2.24, 2.45) is 0 Å². The lowest BCUT2D eigenvalue weighted by molar-refractivity contribution is -0.0848. The summed E-state index contributed by atoms with van der Waals surface area (Å²) in [5.74, 6) is 0. The Kier molecular flexibility index (Phi) is 7.15. The molecule has 0 radical (unpaired) electrons. The van der Waals surface area contributed by atoms with Gasteiger partial charge in [-0.25, -0.2) is 0 Å². The highest BCUT2D eigenvalue weighted by Gasteiger charge is 2.43. The van der Waals surface area contributed by atoms with Crippen LogP contribution in [0.2, 0.25) is 13.1 Å². The van der Waals surface area contributed by atoms with Gasteiger partial charge in [-0.2, -0.15) is 0 Å². The standard InChI is InChI=1S/C14H31NO2Si.C2H4/c1-13(2)9-12(10-14(3,4)15(13)5)17-11-18(7,8)16-6;1-2/h12H,9-11H2,1-8H3;1-2H2. The molecule has 0 aromatic rings. The van der Waals surface area contributed by atoms with E-state index in [9.17, 15) is 0 Å². The molecule has 3 nitrogen and oxygen atoms in total. The van der Waals surface area contributed by atoms with Crippen molar-refractivity contribution in [2.75, 3.05) is 20.4 Å². The van der Waals surface area contributed by atoms with Gasteiger partial charge in [-0.1, -0.05) is 0 Å². The highest BCUT2D eigenvalue weighted by molar-refractivity contribution is 6.71. The quantitative estimate of drug-likeness (QED) is 0.581. The lowest BCUT2D eigenvalue weighted by atomic mass is 9.79. The summed E-state index contributed by atoms with van der Waals surface area (Å²) in [6.07, 6.45) is 3.35. The Labute approximate surface area is 127 Å². The Hall–Kier alpha value is -0.163. The van der Waals surface area contributed by atoms with Crippen LogP contribution in [0, 0.1) is 0 Å². The largest absolute Gasteiger partial charge is 0.418 e. The number of hydrogen-bond donors (Lipinski definition) is 0. The Bertz CT molecular complexity index is 285. The number of hydrogen-bond acceptors (Lipinski definition) is 3. The highest BCUT2D eigenvalue weighted by atomic mass is 28.4. The third-order valence-corrected chi connectivity index (χ3v) is 6.46. The van der Waals surface area contributed by atoms with E-state index in [1.807, 2.05) is 0 Å². The molecule has 1 rings (SSSR count). The summed E-state index contributed by atoms with van der Waals surface area (Å²) in [5.41, 5.74) is 0.399. The lowest BCUT2D eigenvalue weighted by Crippen LogP contribution is -2.60. The van der Waals surface area contributed by atoms with E-state index in [1.165, 1.54) is 0 Å². The van der Waals surface area contributed by atoms with Crippen LogP contribution < -0.4 is 0 Å². The predicted molar refractivity (Wildman–Crippen MR) is 90.6 cm³/mol. The summed E-state index contributed by atoms with van der Waals surface area (Å²) in [7, 11) is 2.42. The van der Waals surface area contributed by atoms with Crippen LogP contribution in [-0.2, 0) is 9.16 Å². The van der Waals surface area contributed by atoms with E-state index in [4.69, 9.17) is 9.16 Å². The fourth-order valence-electron chi connectivity index (χ4n) is 2.78. The zero-order valence-corrected chi connectivity index (χ0v) is 15.9. The molecule has 1 aliphatic rings. The van der Waals surface area contributed by atoms with E-state index in [1.54, 1.807) is 7.11 Å². The number of nitrogens with zero attached hydrogens (tertiary/aromatic N) is 1. The molecule has 0 N–H and O–H groups in total. The molecule has 0 atom stereocenters. The molecule has 0 unspecified atom stereocenters. The van der Waals surface area contributed by atoms with Crippen molar-refractivity contribution in [2.45, 2.75) is 70.8 Å². The SMILES string of the molecule is C=C.CO[Si](C)(C)COC1CC(C)(C)N(C)C(C)(C)C1. The molecule has 0 spiro atoms. The minimum Gasteiger partial charge on any atom is -0.418 e. The average molecular weight is 302 g/mol. The maximum Gasteiger partial charge on any atom is 0.211 e. The second-order valence-corrected chi connectivity index (χ2v) is 11.7. The Morgan fingerprint density at radius 3 is 1.85 bits per heavy atom. The third-order valence-electron chi connectivity index (χ3n) is 4.49. The van der Waals surface area contributed by atoms with Crippen molar-refractivity contribution < 1.29 is 9.16 Å². The summed E-state index contributed by atoms with van der Waals surface area (Å²) in [4.78, 5) is 2.48. The number of piperidine rings is 1. The van der Waals surface area contributed by atoms with E-state index < -0.39 is 8.32 Å². The second-order valence-electron chi connectivity index (χ2n) is 7.49. The third kappa shape index (κ3) is 5.32. The van der Waals surface area contributed by atoms with Crippen molar-refractivity contribution >= 4 is 8.32 Å². The van der Waals surface area contributed by atoms with Crippen molar-refractivity contribution in [3.05, 3.63) is 13.2 Å². The smallest absolute Gasteiger partial charge is 0.211 e. The molecule has 0 aliphatic carbocycles. The van der Waals surface area contributed by atoms with E-state index in [0.717, 1.165) is 19.1 Å². The zero-order valence-electron chi connectivity index (χ0n) is 14.9. The molecule has 1 fully saturated rings. The molecule has 0 aromatic heterocycles. The number of likely N-dealkylation sites (tertiary alicyclic amines) is 1. The van der Waals surface area contributed by atoms with Gasteiger partial charge in [0.15, 0.2) is 0 Å². The van der Waals surface area contributed by atoms with Gasteiger partial charge >= 0.3 is 0 Å². The molecule has 20 heavy (non-hydrogen) atoms. The van der Waals surface area contributed by atoms with Crippen LogP contribution in [0.15, 0.2) is 13.2 Å². The molecule has 0 aromatic carbocycles. The van der Waals surface area contributed by atoms with Crippen molar-refractivity contribution in [1.82, 2.24) is 4.90 Å². The summed E-state index contributed by atoms with van der Waals surface area (Å²) < 4.78 is 11.7. The van der Waals surface area contributed by atoms with Gasteiger partial charge in [0.2, 0.25) is 8.32 Å². The molecule has 1 heterocycles. The summed E-state index contributed by atoms with van der Waals surface area (Å²) in [6.45, 7) is 19.6. The van der Waals surface area contributed by atoms with E-state index in [-0.39, 0.29) is 11.1 Å². The summed E-state index contributed by atoms with van der Waals surface area (Å²) in [5, 5.41) is 0. The van der Waals surface area contributed by atoms with E-state index in [0.29, 0.717) is 6.10 Å². The predicted octanol–water partition coefficient (Wildman–Crippen LogP) is 3.85. The first kappa shape index (κ1) is 19.8. The van der Waals surface area contributed by atoms with E-state index >= 15 is 0 Å². The van der Waals surface area contributed by atoms with Crippen molar-refractivity contribution in [1.29, 1.82) is 0 Å². The van der Waals surface area contributed by atoms with Gasteiger partial charge in [0.25, 0.3) is 0 Å². The normalized spacial score (nSPS) is 23.0. The second kappa shape index (κ2) is 7.21. The lowest BCUT2D eigenvalue weighted by Gasteiger charge is -2.53. The first-order valence-corrected chi connectivity index (χ1v) is 10.5. The molecule has 4 heteroatoms. The molecular weight excluding hydrogens is 266 g/mol. The Balaban J connectivity index is 0.00000172. The van der Waals surface area contributed by atoms with Gasteiger partial charge < -0.3 is 9.16 Å². The molecule has 0 amide bonds. The maximum absolute atomic E-state index is 6.17. The fourth-order valence-corrected chi connectivity index (χ4v) is 3.53. The van der Waals surface area contributed by atoms with E-state index in [2.05, 4.69) is 65.9 Å². The number of ether oxygens (including phenoxy) is 1. The van der Waals surface area contributed by atoms with Crippen LogP contribution in [0.5, 0.6) is 0 Å². The van der Waals surface area contributed by atoms with Gasteiger partial charge in [0, 0.05) is 18.2 Å². The fraction of sp³-hybridized carbons (Fsp3) is 0.875. The van der Waals surface area contributed by atoms with Crippen LogP contribution in [0.1, 0.15) is 40.5 Å². The van der Waals surface area contributed by atoms with Crippen LogP contribution in [-0.4, -0.2) is 50.8 Å². The summed E-state index contributed by atoms with van der Waals surface area (Å²) >= 11 is 0. The first-order valence-electron chi connectivity index (χ1n) is 7.41. The molecule has 0 bridgehead atoms. The van der Waals surface area contributed by atoms with Crippen LogP contribution in [0.25, 0.3) is 0 Å². The Morgan fingerprint density at radius 1 is 1.10 bits per heavy atom. The molecular formula is C16H35NO2Si. The average Bonchev–Trinajstić information content (AvgIpc) is 2.35. The number of rotatable bonds is 4. The Morgan fingerprint density at radius 2 is 1.50 bits per heavy atom. The topological polar surface area (TPSA) is 21.7 Å². The van der Waals surface area contributed by atoms with Gasteiger partial charge in [-0.05, 0) is 60.7 Å². The van der Waals surface area contributed by atoms with Gasteiger partial charge in [0.05, 0.1) is 12.3 Å². The highest BCUT2D eigenvalue weighted by Crippen LogP contribution is 2.38. The molecule has 120 valence electrons. The minimum atomic E-state index is -1.61. The molecule has 1 aliphatic heterocycles. The van der Waals surface area contributed by atoms with Crippen molar-refractivity contribution in [3.63, 3.8) is 0 Å². The molecule has 1 saturated heterocycles. The van der Waals surface area contributed by atoms with Crippen LogP contribution in [0.3, 0.4) is 0 Å². The maximum atomic E-state index is 6.17. The molecule has 0 saturated carbocycles. The van der Waals surface area contributed by atoms with Gasteiger partial charge in [0.1, 0.15) is 0 Å². The summed E-state index contributed by atoms with van der Waals surface area (Å²) in [6, 6.07) is 0. The van der Waals surface area contributed by atoms with Gasteiger partial charge in [-0.15, -0.1) is 13.2 Å². The monoisotopic (exact) mass is 301 g/mol. The van der Waals surface area contributed by atoms with Crippen molar-refractivity contribution in [3.8, 4) is 0 Å². The first-order chi connectivity index (χ1) is 9.00. The minimum absolute atomic E-state index is 0.200. The van der Waals surface area contributed by atoms with Crippen LogP contribution in [0.4, 0.5) is 0 Å². The zero-order chi connectivity index (χ0) is 16.2.